The van der Waals surface area contributed by atoms with Crippen LogP contribution in [0.2, 0.25) is 0 Å². The molecule has 202 valence electrons. The Morgan fingerprint density at radius 2 is 0.825 bits per heavy atom. The van der Waals surface area contributed by atoms with Crippen molar-refractivity contribution in [3.05, 3.63) is 127 Å². The molecule has 4 rings (SSSR count). The van der Waals surface area contributed by atoms with Crippen LogP contribution < -0.4 is 14.2 Å². The Morgan fingerprint density at radius 3 is 1.15 bits per heavy atom. The summed E-state index contributed by atoms with van der Waals surface area (Å²) in [4.78, 5) is 23.4. The highest BCUT2D eigenvalue weighted by Crippen LogP contribution is 2.32. The highest BCUT2D eigenvalue weighted by atomic mass is 16.5. The number of carbonyl (C=O) groups is 2. The van der Waals surface area contributed by atoms with Crippen molar-refractivity contribution in [2.75, 3.05) is 0 Å². The quantitative estimate of drug-likeness (QED) is 0.123. The molecule has 5 heteroatoms. The van der Waals surface area contributed by atoms with Gasteiger partial charge in [-0.15, -0.1) is 0 Å². The van der Waals surface area contributed by atoms with E-state index in [1.165, 1.54) is 0 Å². The first-order valence-corrected chi connectivity index (χ1v) is 12.9. The van der Waals surface area contributed by atoms with Gasteiger partial charge in [-0.1, -0.05) is 73.8 Å². The van der Waals surface area contributed by atoms with Gasteiger partial charge in [0, 0.05) is 11.1 Å². The maximum Gasteiger partial charge on any atom is 0.338 e. The molecular weight excluding hydrogens is 500 g/mol. The number of hydrogen-bond donors (Lipinski definition) is 0. The van der Waals surface area contributed by atoms with E-state index in [0.29, 0.717) is 22.6 Å². The number of carbonyl (C=O) groups excluding carboxylic acids is 2. The lowest BCUT2D eigenvalue weighted by molar-refractivity contribution is -0.130. The fourth-order valence-electron chi connectivity index (χ4n) is 3.95. The van der Waals surface area contributed by atoms with E-state index in [2.05, 4.69) is 37.4 Å². The SMILES string of the molecule is C=C(C)C(=O)Oc1ccc(-c2ccc(OC(C)(C)c3ccc(-c4ccc(OC(=O)C(=C)C)cc4)cc3)cc2)cc1. The van der Waals surface area contributed by atoms with Gasteiger partial charge in [0.1, 0.15) is 22.8 Å². The van der Waals surface area contributed by atoms with Gasteiger partial charge in [-0.2, -0.15) is 0 Å². The van der Waals surface area contributed by atoms with E-state index >= 15 is 0 Å². The summed E-state index contributed by atoms with van der Waals surface area (Å²) >= 11 is 0. The maximum atomic E-state index is 11.7. The van der Waals surface area contributed by atoms with Crippen molar-refractivity contribution in [2.45, 2.75) is 33.3 Å². The summed E-state index contributed by atoms with van der Waals surface area (Å²) < 4.78 is 16.9. The van der Waals surface area contributed by atoms with Gasteiger partial charge in [-0.3, -0.25) is 0 Å². The molecule has 5 nitrogen and oxygen atoms in total. The number of rotatable bonds is 9. The lowest BCUT2D eigenvalue weighted by atomic mass is 9.95. The molecule has 0 amide bonds. The molecule has 0 heterocycles. The van der Waals surface area contributed by atoms with E-state index in [4.69, 9.17) is 14.2 Å². The zero-order valence-electron chi connectivity index (χ0n) is 23.2. The maximum absolute atomic E-state index is 11.7. The van der Waals surface area contributed by atoms with Crippen LogP contribution in [0.1, 0.15) is 33.3 Å². The van der Waals surface area contributed by atoms with E-state index < -0.39 is 17.5 Å². The summed E-state index contributed by atoms with van der Waals surface area (Å²) in [6.07, 6.45) is 0. The van der Waals surface area contributed by atoms with Gasteiger partial charge < -0.3 is 14.2 Å². The molecule has 0 aliphatic carbocycles. The van der Waals surface area contributed by atoms with Crippen LogP contribution in [0.4, 0.5) is 0 Å². The largest absolute Gasteiger partial charge is 0.483 e. The number of esters is 2. The van der Waals surface area contributed by atoms with Crippen LogP contribution in [0.3, 0.4) is 0 Å². The molecule has 0 saturated carbocycles. The molecule has 4 aromatic carbocycles. The third-order valence-electron chi connectivity index (χ3n) is 6.30. The van der Waals surface area contributed by atoms with E-state index in [1.807, 2.05) is 62.4 Å². The van der Waals surface area contributed by atoms with Crippen LogP contribution >= 0.6 is 0 Å². The van der Waals surface area contributed by atoms with E-state index in [0.717, 1.165) is 33.6 Å². The van der Waals surface area contributed by atoms with Crippen LogP contribution in [0, 0.1) is 0 Å². The van der Waals surface area contributed by atoms with Crippen molar-refractivity contribution in [2.24, 2.45) is 0 Å². The second-order valence-electron chi connectivity index (χ2n) is 10.1. The number of benzene rings is 4. The Hall–Kier alpha value is -4.90. The second-order valence-corrected chi connectivity index (χ2v) is 10.1. The molecule has 0 aromatic heterocycles. The van der Waals surface area contributed by atoms with E-state index in [-0.39, 0.29) is 0 Å². The molecule has 0 unspecified atom stereocenters. The molecule has 0 fully saturated rings. The molecule has 0 aliphatic heterocycles. The van der Waals surface area contributed by atoms with Crippen LogP contribution in [0.5, 0.6) is 17.2 Å². The average Bonchev–Trinajstić information content (AvgIpc) is 2.94. The first-order valence-electron chi connectivity index (χ1n) is 12.9. The molecule has 0 aliphatic rings. The zero-order chi connectivity index (χ0) is 28.9. The number of hydrogen-bond acceptors (Lipinski definition) is 5. The highest BCUT2D eigenvalue weighted by molar-refractivity contribution is 5.89. The predicted molar refractivity (Wildman–Crippen MR) is 158 cm³/mol. The normalized spacial score (nSPS) is 10.9. The van der Waals surface area contributed by atoms with E-state index in [9.17, 15) is 9.59 Å². The Labute approximate surface area is 235 Å². The third-order valence-corrected chi connectivity index (χ3v) is 6.30. The summed E-state index contributed by atoms with van der Waals surface area (Å²) in [6.45, 7) is 14.5. The smallest absolute Gasteiger partial charge is 0.338 e. The van der Waals surface area contributed by atoms with Gasteiger partial charge in [0.25, 0.3) is 0 Å². The molecule has 0 bridgehead atoms. The van der Waals surface area contributed by atoms with Crippen LogP contribution in [-0.2, 0) is 15.2 Å². The van der Waals surface area contributed by atoms with Crippen molar-refractivity contribution in [1.82, 2.24) is 0 Å². The summed E-state index contributed by atoms with van der Waals surface area (Å²) in [5, 5.41) is 0. The highest BCUT2D eigenvalue weighted by Gasteiger charge is 2.23. The minimum absolute atomic E-state index is 0.355. The summed E-state index contributed by atoms with van der Waals surface area (Å²) in [5.41, 5.74) is 5.26. The zero-order valence-corrected chi connectivity index (χ0v) is 23.2. The van der Waals surface area contributed by atoms with Crippen molar-refractivity contribution in [3.8, 4) is 39.5 Å². The fourth-order valence-corrected chi connectivity index (χ4v) is 3.95. The summed E-state index contributed by atoms with van der Waals surface area (Å²) in [7, 11) is 0. The van der Waals surface area contributed by atoms with Gasteiger partial charge in [0.2, 0.25) is 0 Å². The van der Waals surface area contributed by atoms with Crippen LogP contribution in [0.25, 0.3) is 22.3 Å². The summed E-state index contributed by atoms with van der Waals surface area (Å²) in [5.74, 6) is 0.834. The second kappa shape index (κ2) is 11.9. The molecule has 0 atom stereocenters. The lowest BCUT2D eigenvalue weighted by Crippen LogP contribution is -2.25. The molecule has 0 spiro atoms. The Kier molecular flexibility index (Phi) is 8.34. The van der Waals surface area contributed by atoms with Crippen molar-refractivity contribution in [3.63, 3.8) is 0 Å². The minimum Gasteiger partial charge on any atom is -0.483 e. The molecule has 0 radical (unpaired) electrons. The Balaban J connectivity index is 1.40. The summed E-state index contributed by atoms with van der Waals surface area (Å²) in [6, 6.07) is 30.8. The third kappa shape index (κ3) is 6.94. The molecule has 0 saturated heterocycles. The topological polar surface area (TPSA) is 61.8 Å². The van der Waals surface area contributed by atoms with Gasteiger partial charge in [0.15, 0.2) is 0 Å². The Morgan fingerprint density at radius 1 is 0.525 bits per heavy atom. The predicted octanol–water partition coefficient (Wildman–Crippen LogP) is 8.30. The molecular formula is C35H32O5. The van der Waals surface area contributed by atoms with Crippen LogP contribution in [-0.4, -0.2) is 11.9 Å². The first-order chi connectivity index (χ1) is 19.0. The van der Waals surface area contributed by atoms with Gasteiger partial charge in [0.05, 0.1) is 0 Å². The fraction of sp³-hybridized carbons (Fsp3) is 0.143. The monoisotopic (exact) mass is 532 g/mol. The standard InChI is InChI=1S/C35H32O5/c1-23(2)33(36)38-30-17-9-26(10-18-30)25-7-15-29(16-8-25)35(5,6)40-32-21-13-28(14-22-32)27-11-19-31(20-12-27)39-34(37)24(3)4/h7-22H,1,3H2,2,4-6H3. The number of ether oxygens (including phenoxy) is 3. The van der Waals surface area contributed by atoms with Gasteiger partial charge >= 0.3 is 11.9 Å². The Bertz CT molecular complexity index is 1530. The lowest BCUT2D eigenvalue weighted by Gasteiger charge is -2.27. The van der Waals surface area contributed by atoms with Crippen molar-refractivity contribution >= 4 is 11.9 Å². The molecule has 4 aromatic rings. The van der Waals surface area contributed by atoms with Crippen molar-refractivity contribution in [1.29, 1.82) is 0 Å². The minimum atomic E-state index is -0.560. The molecule has 0 N–H and O–H groups in total. The van der Waals surface area contributed by atoms with Crippen LogP contribution in [0.15, 0.2) is 121 Å². The van der Waals surface area contributed by atoms with Gasteiger partial charge in [-0.25, -0.2) is 9.59 Å². The van der Waals surface area contributed by atoms with Crippen molar-refractivity contribution < 1.29 is 23.8 Å². The molecule has 40 heavy (non-hydrogen) atoms. The van der Waals surface area contributed by atoms with E-state index in [1.54, 1.807) is 38.1 Å². The first kappa shape index (κ1) is 28.1. The average molecular weight is 533 g/mol. The van der Waals surface area contributed by atoms with Gasteiger partial charge in [-0.05, 0) is 91.9 Å².